The predicted octanol–water partition coefficient (Wildman–Crippen LogP) is 2.31. The van der Waals surface area contributed by atoms with Crippen LogP contribution in [-0.2, 0) is 6.54 Å². The molecule has 0 spiro atoms. The third-order valence-corrected chi connectivity index (χ3v) is 2.71. The minimum absolute atomic E-state index is 0.0653. The Hall–Kier alpha value is -2.96. The number of aryl methyl sites for hydroxylation is 1. The van der Waals surface area contributed by atoms with E-state index in [1.807, 2.05) is 0 Å². The minimum atomic E-state index is -1.16. The molecule has 2 aromatic rings. The Bertz CT molecular complexity index is 678. The average molecular weight is 290 g/mol. The molecule has 2 amide bonds. The quantitative estimate of drug-likeness (QED) is 0.645. The normalized spacial score (nSPS) is 10.1. The van der Waals surface area contributed by atoms with Gasteiger partial charge in [-0.05, 0) is 37.3 Å². The van der Waals surface area contributed by atoms with Crippen molar-refractivity contribution in [2.24, 2.45) is 0 Å². The van der Waals surface area contributed by atoms with E-state index in [1.165, 1.54) is 12.1 Å². The highest BCUT2D eigenvalue weighted by Gasteiger charge is 2.10. The van der Waals surface area contributed by atoms with Gasteiger partial charge in [-0.2, -0.15) is 0 Å². The van der Waals surface area contributed by atoms with E-state index in [0.29, 0.717) is 5.76 Å². The lowest BCUT2D eigenvalue weighted by molar-refractivity contribution is 0.0696. The number of aromatic carboxylic acids is 1. The van der Waals surface area contributed by atoms with Crippen molar-refractivity contribution in [2.45, 2.75) is 13.5 Å². The molecule has 1 aromatic heterocycles. The number of carboxylic acid groups (broad SMARTS) is 1. The number of furan rings is 1. The van der Waals surface area contributed by atoms with Gasteiger partial charge in [0.2, 0.25) is 0 Å². The van der Waals surface area contributed by atoms with Crippen LogP contribution in [0.25, 0.3) is 0 Å². The molecule has 0 aliphatic rings. The van der Waals surface area contributed by atoms with Gasteiger partial charge in [0.15, 0.2) is 0 Å². The number of urea groups is 1. The summed E-state index contributed by atoms with van der Waals surface area (Å²) in [7, 11) is 0. The molecule has 1 aromatic carbocycles. The topological polar surface area (TPSA) is 112 Å². The molecule has 0 bridgehead atoms. The summed E-state index contributed by atoms with van der Waals surface area (Å²) in [6.45, 7) is 2.00. The lowest BCUT2D eigenvalue weighted by Gasteiger charge is -2.08. The Morgan fingerprint density at radius 1 is 1.24 bits per heavy atom. The van der Waals surface area contributed by atoms with Crippen molar-refractivity contribution in [3.05, 3.63) is 47.4 Å². The van der Waals surface area contributed by atoms with Crippen LogP contribution in [0.3, 0.4) is 0 Å². The van der Waals surface area contributed by atoms with Gasteiger partial charge in [0.05, 0.1) is 17.8 Å². The van der Waals surface area contributed by atoms with Crippen molar-refractivity contribution in [3.8, 4) is 5.75 Å². The van der Waals surface area contributed by atoms with Crippen LogP contribution in [0, 0.1) is 6.92 Å². The number of hydrogen-bond acceptors (Lipinski definition) is 4. The highest BCUT2D eigenvalue weighted by atomic mass is 16.4. The summed E-state index contributed by atoms with van der Waals surface area (Å²) < 4.78 is 5.29. The van der Waals surface area contributed by atoms with Crippen molar-refractivity contribution in [3.63, 3.8) is 0 Å². The molecule has 110 valence electrons. The fraction of sp³-hybridized carbons (Fsp3) is 0.143. The molecule has 7 heteroatoms. The lowest BCUT2D eigenvalue weighted by Crippen LogP contribution is -2.28. The number of benzene rings is 1. The van der Waals surface area contributed by atoms with Crippen LogP contribution in [0.15, 0.2) is 34.7 Å². The number of phenols is 1. The maximum atomic E-state index is 11.7. The second-order valence-electron chi connectivity index (χ2n) is 4.36. The van der Waals surface area contributed by atoms with E-state index in [-0.39, 0.29) is 23.5 Å². The molecular formula is C14H14N2O5. The summed E-state index contributed by atoms with van der Waals surface area (Å²) in [4.78, 5) is 22.4. The van der Waals surface area contributed by atoms with Crippen molar-refractivity contribution in [2.75, 3.05) is 5.32 Å². The van der Waals surface area contributed by atoms with Crippen LogP contribution in [0.5, 0.6) is 5.75 Å². The zero-order valence-electron chi connectivity index (χ0n) is 11.2. The third-order valence-electron chi connectivity index (χ3n) is 2.71. The van der Waals surface area contributed by atoms with Crippen molar-refractivity contribution >= 4 is 17.7 Å². The SMILES string of the molecule is Cc1ccc(CNC(=O)Nc2ccc(C(=O)O)cc2O)o1. The van der Waals surface area contributed by atoms with Crippen molar-refractivity contribution in [1.29, 1.82) is 0 Å². The first-order valence-corrected chi connectivity index (χ1v) is 6.12. The summed E-state index contributed by atoms with van der Waals surface area (Å²) in [6.07, 6.45) is 0. The fourth-order valence-corrected chi connectivity index (χ4v) is 1.68. The number of hydrogen-bond donors (Lipinski definition) is 4. The number of carboxylic acids is 1. The molecule has 21 heavy (non-hydrogen) atoms. The zero-order chi connectivity index (χ0) is 15.4. The molecule has 0 atom stereocenters. The summed E-state index contributed by atoms with van der Waals surface area (Å²) in [5.41, 5.74) is 0.0534. The number of aromatic hydroxyl groups is 1. The Morgan fingerprint density at radius 3 is 2.57 bits per heavy atom. The van der Waals surface area contributed by atoms with E-state index in [1.54, 1.807) is 19.1 Å². The second-order valence-corrected chi connectivity index (χ2v) is 4.36. The molecule has 2 rings (SSSR count). The van der Waals surface area contributed by atoms with Gasteiger partial charge in [-0.15, -0.1) is 0 Å². The van der Waals surface area contributed by atoms with E-state index < -0.39 is 12.0 Å². The van der Waals surface area contributed by atoms with E-state index in [0.717, 1.165) is 11.8 Å². The van der Waals surface area contributed by atoms with Gasteiger partial charge in [0.25, 0.3) is 0 Å². The van der Waals surface area contributed by atoms with Crippen LogP contribution in [0.2, 0.25) is 0 Å². The summed E-state index contributed by atoms with van der Waals surface area (Å²) in [5, 5.41) is 23.4. The van der Waals surface area contributed by atoms with Crippen LogP contribution in [-0.4, -0.2) is 22.2 Å². The lowest BCUT2D eigenvalue weighted by atomic mass is 10.2. The molecular weight excluding hydrogens is 276 g/mol. The number of carbonyl (C=O) groups excluding carboxylic acids is 1. The molecule has 0 aliphatic heterocycles. The fourth-order valence-electron chi connectivity index (χ4n) is 1.68. The van der Waals surface area contributed by atoms with E-state index >= 15 is 0 Å². The molecule has 0 unspecified atom stereocenters. The van der Waals surface area contributed by atoms with Gasteiger partial charge in [-0.3, -0.25) is 0 Å². The Morgan fingerprint density at radius 2 is 2.00 bits per heavy atom. The average Bonchev–Trinajstić information content (AvgIpc) is 2.84. The van der Waals surface area contributed by atoms with Gasteiger partial charge in [-0.1, -0.05) is 0 Å². The standard InChI is InChI=1S/C14H14N2O5/c1-8-2-4-10(21-8)7-15-14(20)16-11-5-3-9(13(18)19)6-12(11)17/h2-6,17H,7H2,1H3,(H,18,19)(H2,15,16,20). The molecule has 0 aliphatic carbocycles. The Balaban J connectivity index is 1.94. The predicted molar refractivity (Wildman–Crippen MR) is 74.4 cm³/mol. The first-order chi connectivity index (χ1) is 9.95. The number of carbonyl (C=O) groups is 2. The van der Waals surface area contributed by atoms with Gasteiger partial charge in [-0.25, -0.2) is 9.59 Å². The van der Waals surface area contributed by atoms with Gasteiger partial charge in [0, 0.05) is 0 Å². The number of nitrogens with one attached hydrogen (secondary N) is 2. The molecule has 0 saturated carbocycles. The van der Waals surface area contributed by atoms with Gasteiger partial charge < -0.3 is 25.3 Å². The smallest absolute Gasteiger partial charge is 0.335 e. The number of phenolic OH excluding ortho intramolecular Hbond substituents is 1. The van der Waals surface area contributed by atoms with Crippen molar-refractivity contribution in [1.82, 2.24) is 5.32 Å². The molecule has 1 heterocycles. The third kappa shape index (κ3) is 3.75. The maximum absolute atomic E-state index is 11.7. The summed E-state index contributed by atoms with van der Waals surface area (Å²) >= 11 is 0. The molecule has 0 radical (unpaired) electrons. The number of rotatable bonds is 4. The summed E-state index contributed by atoms with van der Waals surface area (Å²) in [5.74, 6) is -0.129. The Labute approximate surface area is 120 Å². The largest absolute Gasteiger partial charge is 0.506 e. The van der Waals surface area contributed by atoms with Gasteiger partial charge >= 0.3 is 12.0 Å². The highest BCUT2D eigenvalue weighted by Crippen LogP contribution is 2.24. The first-order valence-electron chi connectivity index (χ1n) is 6.12. The maximum Gasteiger partial charge on any atom is 0.335 e. The second kappa shape index (κ2) is 6.00. The Kier molecular flexibility index (Phi) is 4.13. The van der Waals surface area contributed by atoms with Crippen LogP contribution in [0.4, 0.5) is 10.5 Å². The molecule has 7 nitrogen and oxygen atoms in total. The van der Waals surface area contributed by atoms with Gasteiger partial charge in [0.1, 0.15) is 17.3 Å². The zero-order valence-corrected chi connectivity index (χ0v) is 11.2. The molecule has 4 N–H and O–H groups in total. The minimum Gasteiger partial charge on any atom is -0.506 e. The number of amides is 2. The van der Waals surface area contributed by atoms with E-state index in [2.05, 4.69) is 10.6 Å². The van der Waals surface area contributed by atoms with E-state index in [4.69, 9.17) is 9.52 Å². The number of anilines is 1. The monoisotopic (exact) mass is 290 g/mol. The van der Waals surface area contributed by atoms with Crippen molar-refractivity contribution < 1.29 is 24.2 Å². The first kappa shape index (κ1) is 14.4. The van der Waals surface area contributed by atoms with Crippen LogP contribution in [0.1, 0.15) is 21.9 Å². The molecule has 0 saturated heterocycles. The van der Waals surface area contributed by atoms with E-state index in [9.17, 15) is 14.7 Å². The molecule has 0 fully saturated rings. The highest BCUT2D eigenvalue weighted by molar-refractivity contribution is 5.93. The summed E-state index contributed by atoms with van der Waals surface area (Å²) in [6, 6.07) is 6.65. The van der Waals surface area contributed by atoms with Crippen LogP contribution >= 0.6 is 0 Å². The van der Waals surface area contributed by atoms with Crippen LogP contribution < -0.4 is 10.6 Å².